The monoisotopic (exact) mass is 369 g/mol. The van der Waals surface area contributed by atoms with Gasteiger partial charge in [0.25, 0.3) is 5.91 Å². The number of hydrogen-bond donors (Lipinski definition) is 2. The summed E-state index contributed by atoms with van der Waals surface area (Å²) < 4.78 is 6.17. The number of piperidine rings is 2. The average Bonchev–Trinajstić information content (AvgIpc) is 3.17. The van der Waals surface area contributed by atoms with E-state index in [-0.39, 0.29) is 29.6 Å². The summed E-state index contributed by atoms with van der Waals surface area (Å²) in [6.45, 7) is 5.19. The van der Waals surface area contributed by atoms with Gasteiger partial charge in [0.05, 0.1) is 13.2 Å². The highest BCUT2D eigenvalue weighted by molar-refractivity contribution is 6.05. The molecule has 4 heterocycles. The maximum absolute atomic E-state index is 13.0. The predicted molar refractivity (Wildman–Crippen MR) is 96.3 cm³/mol. The van der Waals surface area contributed by atoms with Gasteiger partial charge in [-0.05, 0) is 37.9 Å². The Hall–Kier alpha value is -2.41. The van der Waals surface area contributed by atoms with Crippen molar-refractivity contribution in [2.45, 2.75) is 44.2 Å². The van der Waals surface area contributed by atoms with Crippen molar-refractivity contribution in [3.8, 4) is 5.75 Å². The Morgan fingerprint density at radius 3 is 2.89 bits per heavy atom. The highest BCUT2D eigenvalue weighted by Crippen LogP contribution is 2.50. The van der Waals surface area contributed by atoms with Gasteiger partial charge in [0.15, 0.2) is 0 Å². The Morgan fingerprint density at radius 1 is 1.26 bits per heavy atom. The van der Waals surface area contributed by atoms with Gasteiger partial charge in [-0.2, -0.15) is 0 Å². The smallest absolute Gasteiger partial charge is 0.255 e. The lowest BCUT2D eigenvalue weighted by Gasteiger charge is -2.39. The number of carbonyl (C=O) groups is 3. The summed E-state index contributed by atoms with van der Waals surface area (Å²) in [4.78, 5) is 38.2. The third kappa shape index (κ3) is 2.27. The van der Waals surface area contributed by atoms with Crippen LogP contribution in [-0.4, -0.2) is 48.4 Å². The summed E-state index contributed by atoms with van der Waals surface area (Å²) in [5, 5.41) is 5.79. The zero-order valence-corrected chi connectivity index (χ0v) is 15.3. The Morgan fingerprint density at radius 2 is 2.11 bits per heavy atom. The van der Waals surface area contributed by atoms with Crippen LogP contribution in [0.1, 0.15) is 47.7 Å². The molecule has 0 saturated carbocycles. The van der Waals surface area contributed by atoms with E-state index in [1.54, 1.807) is 4.90 Å². The van der Waals surface area contributed by atoms with E-state index < -0.39 is 6.04 Å². The van der Waals surface area contributed by atoms with Gasteiger partial charge >= 0.3 is 0 Å². The molecule has 4 aliphatic heterocycles. The SMILES string of the molecule is CC1CNCCC12COc1c2ccc2c1CN(C1CCC(=O)NC1=O)C2=O. The van der Waals surface area contributed by atoms with Crippen LogP contribution in [0.5, 0.6) is 5.75 Å². The number of ether oxygens (including phenoxy) is 1. The molecule has 7 nitrogen and oxygen atoms in total. The van der Waals surface area contributed by atoms with Crippen molar-refractivity contribution in [2.75, 3.05) is 19.7 Å². The summed E-state index contributed by atoms with van der Waals surface area (Å²) in [5.41, 5.74) is 2.72. The fourth-order valence-electron chi connectivity index (χ4n) is 5.14. The van der Waals surface area contributed by atoms with E-state index in [1.807, 2.05) is 6.07 Å². The lowest BCUT2D eigenvalue weighted by Crippen LogP contribution is -2.52. The van der Waals surface area contributed by atoms with Crippen molar-refractivity contribution in [1.29, 1.82) is 0 Å². The summed E-state index contributed by atoms with van der Waals surface area (Å²) in [5.74, 6) is 0.489. The van der Waals surface area contributed by atoms with Gasteiger partial charge in [0.2, 0.25) is 11.8 Å². The minimum atomic E-state index is -0.591. The van der Waals surface area contributed by atoms with Crippen LogP contribution in [0, 0.1) is 5.92 Å². The van der Waals surface area contributed by atoms with E-state index in [9.17, 15) is 14.4 Å². The zero-order chi connectivity index (χ0) is 18.8. The number of carbonyl (C=O) groups excluding carboxylic acids is 3. The second-order valence-corrected chi connectivity index (χ2v) is 8.17. The molecular weight excluding hydrogens is 346 g/mol. The number of fused-ring (bicyclic) bond motifs is 4. The normalized spacial score (nSPS) is 32.3. The Balaban J connectivity index is 1.50. The molecule has 1 aromatic rings. The van der Waals surface area contributed by atoms with E-state index in [0.717, 1.165) is 30.8 Å². The molecule has 27 heavy (non-hydrogen) atoms. The molecule has 0 aromatic heterocycles. The van der Waals surface area contributed by atoms with Gasteiger partial charge in [-0.25, -0.2) is 0 Å². The van der Waals surface area contributed by atoms with Crippen LogP contribution in [0.3, 0.4) is 0 Å². The quantitative estimate of drug-likeness (QED) is 0.712. The largest absolute Gasteiger partial charge is 0.492 e. The second kappa shape index (κ2) is 5.79. The fourth-order valence-corrected chi connectivity index (χ4v) is 5.14. The highest BCUT2D eigenvalue weighted by atomic mass is 16.5. The van der Waals surface area contributed by atoms with Crippen molar-refractivity contribution >= 4 is 17.7 Å². The number of nitrogens with one attached hydrogen (secondary N) is 2. The average molecular weight is 369 g/mol. The molecule has 5 rings (SSSR count). The predicted octanol–water partition coefficient (Wildman–Crippen LogP) is 0.707. The molecule has 4 aliphatic rings. The molecule has 1 aromatic carbocycles. The second-order valence-electron chi connectivity index (χ2n) is 8.17. The first-order valence-corrected chi connectivity index (χ1v) is 9.66. The first-order valence-electron chi connectivity index (χ1n) is 9.66. The molecule has 2 saturated heterocycles. The Bertz CT molecular complexity index is 867. The molecule has 3 atom stereocenters. The first-order chi connectivity index (χ1) is 13.0. The van der Waals surface area contributed by atoms with Gasteiger partial charge in [-0.15, -0.1) is 0 Å². The molecule has 0 aliphatic carbocycles. The van der Waals surface area contributed by atoms with Crippen LogP contribution in [0.25, 0.3) is 0 Å². The van der Waals surface area contributed by atoms with Gasteiger partial charge < -0.3 is 15.0 Å². The highest BCUT2D eigenvalue weighted by Gasteiger charge is 2.49. The summed E-state index contributed by atoms with van der Waals surface area (Å²) in [7, 11) is 0. The zero-order valence-electron chi connectivity index (χ0n) is 15.3. The standard InChI is InChI=1S/C20H23N3O4/c1-11-8-21-7-6-20(11)10-27-17-13-9-23(15-4-5-16(24)22-18(15)25)19(26)12(13)2-3-14(17)20/h2-3,11,15,21H,4-10H2,1H3,(H,22,24,25). The number of rotatable bonds is 1. The van der Waals surface area contributed by atoms with E-state index >= 15 is 0 Å². The minimum absolute atomic E-state index is 0.000708. The number of amides is 3. The topological polar surface area (TPSA) is 87.7 Å². The van der Waals surface area contributed by atoms with Gasteiger partial charge in [-0.3, -0.25) is 19.7 Å². The van der Waals surface area contributed by atoms with Crippen molar-refractivity contribution in [3.63, 3.8) is 0 Å². The molecule has 3 amide bonds. The summed E-state index contributed by atoms with van der Waals surface area (Å²) in [6.07, 6.45) is 1.66. The first kappa shape index (κ1) is 16.7. The van der Waals surface area contributed by atoms with Crippen molar-refractivity contribution < 1.29 is 19.1 Å². The van der Waals surface area contributed by atoms with Crippen LogP contribution in [-0.2, 0) is 21.5 Å². The minimum Gasteiger partial charge on any atom is -0.492 e. The lowest BCUT2D eigenvalue weighted by molar-refractivity contribution is -0.136. The molecule has 0 bridgehead atoms. The Kier molecular flexibility index (Phi) is 3.59. The number of nitrogens with zero attached hydrogens (tertiary/aromatic N) is 1. The van der Waals surface area contributed by atoms with Crippen LogP contribution in [0.15, 0.2) is 12.1 Å². The van der Waals surface area contributed by atoms with E-state index in [1.165, 1.54) is 5.56 Å². The van der Waals surface area contributed by atoms with Crippen molar-refractivity contribution in [1.82, 2.24) is 15.5 Å². The maximum Gasteiger partial charge on any atom is 0.255 e. The molecule has 3 unspecified atom stereocenters. The van der Waals surface area contributed by atoms with Gasteiger partial charge in [0, 0.05) is 28.5 Å². The van der Waals surface area contributed by atoms with E-state index in [4.69, 9.17) is 4.74 Å². The van der Waals surface area contributed by atoms with Crippen molar-refractivity contribution in [3.05, 3.63) is 28.8 Å². The molecular formula is C20H23N3O4. The molecule has 7 heteroatoms. The number of imide groups is 1. The molecule has 2 fully saturated rings. The molecule has 1 spiro atoms. The number of hydrogen-bond acceptors (Lipinski definition) is 5. The molecule has 0 radical (unpaired) electrons. The van der Waals surface area contributed by atoms with Crippen LogP contribution in [0.4, 0.5) is 0 Å². The number of benzene rings is 1. The van der Waals surface area contributed by atoms with Crippen LogP contribution in [0.2, 0.25) is 0 Å². The lowest BCUT2D eigenvalue weighted by atomic mass is 9.68. The maximum atomic E-state index is 13.0. The molecule has 142 valence electrons. The van der Waals surface area contributed by atoms with Gasteiger partial charge in [-0.1, -0.05) is 13.0 Å². The summed E-state index contributed by atoms with van der Waals surface area (Å²) >= 11 is 0. The summed E-state index contributed by atoms with van der Waals surface area (Å²) in [6, 6.07) is 3.36. The van der Waals surface area contributed by atoms with Crippen molar-refractivity contribution in [2.24, 2.45) is 5.92 Å². The third-order valence-corrected chi connectivity index (χ3v) is 6.82. The van der Waals surface area contributed by atoms with Crippen LogP contribution >= 0.6 is 0 Å². The Labute approximate surface area is 157 Å². The third-order valence-electron chi connectivity index (χ3n) is 6.82. The fraction of sp³-hybridized carbons (Fsp3) is 0.550. The van der Waals surface area contributed by atoms with Crippen LogP contribution < -0.4 is 15.4 Å². The van der Waals surface area contributed by atoms with E-state index in [0.29, 0.717) is 31.1 Å². The van der Waals surface area contributed by atoms with Gasteiger partial charge in [0.1, 0.15) is 11.8 Å². The molecule has 2 N–H and O–H groups in total. The van der Waals surface area contributed by atoms with E-state index in [2.05, 4.69) is 23.6 Å².